The highest BCUT2D eigenvalue weighted by Crippen LogP contribution is 2.26. The van der Waals surface area contributed by atoms with Crippen LogP contribution in [0.15, 0.2) is 35.3 Å². The van der Waals surface area contributed by atoms with E-state index >= 15 is 0 Å². The molecule has 0 spiro atoms. The van der Waals surface area contributed by atoms with E-state index in [0.717, 1.165) is 31.5 Å². The van der Waals surface area contributed by atoms with Gasteiger partial charge in [0.1, 0.15) is 0 Å². The van der Waals surface area contributed by atoms with Gasteiger partial charge in [0.05, 0.1) is 0 Å². The fourth-order valence-corrected chi connectivity index (χ4v) is 3.98. The van der Waals surface area contributed by atoms with Crippen LogP contribution >= 0.6 is 0 Å². The summed E-state index contributed by atoms with van der Waals surface area (Å²) in [6.45, 7) is 4.30. The first-order valence-electron chi connectivity index (χ1n) is 9.85. The predicted octanol–water partition coefficient (Wildman–Crippen LogP) is 2.67. The third-order valence-electron chi connectivity index (χ3n) is 5.37. The highest BCUT2D eigenvalue weighted by atomic mass is 15.3. The second kappa shape index (κ2) is 9.66. The maximum absolute atomic E-state index is 4.39. The molecule has 0 bridgehead atoms. The van der Waals surface area contributed by atoms with Crippen LogP contribution in [0.1, 0.15) is 38.5 Å². The van der Waals surface area contributed by atoms with Crippen molar-refractivity contribution in [2.75, 3.05) is 38.5 Å². The molecule has 1 atom stereocenters. The number of nitrogens with zero attached hydrogens (tertiary/aromatic N) is 2. The second-order valence-corrected chi connectivity index (χ2v) is 7.21. The van der Waals surface area contributed by atoms with Gasteiger partial charge in [-0.05, 0) is 37.8 Å². The SMILES string of the molecule is CN=C(NCCCNc1ccccc1)NC1CCN(C2CCCC2)C1. The minimum atomic E-state index is 0.536. The van der Waals surface area contributed by atoms with Gasteiger partial charge in [-0.3, -0.25) is 9.89 Å². The fraction of sp³-hybridized carbons (Fsp3) is 0.650. The summed E-state index contributed by atoms with van der Waals surface area (Å²) in [6.07, 6.45) is 7.92. The van der Waals surface area contributed by atoms with E-state index in [1.807, 2.05) is 13.1 Å². The van der Waals surface area contributed by atoms with Crippen LogP contribution in [0.3, 0.4) is 0 Å². The molecule has 1 aliphatic heterocycles. The van der Waals surface area contributed by atoms with Crippen LogP contribution in [-0.2, 0) is 0 Å². The number of likely N-dealkylation sites (tertiary alicyclic amines) is 1. The number of guanidine groups is 1. The standard InChI is InChI=1S/C20H33N5/c1-21-20(23-14-7-13-22-17-8-3-2-4-9-17)24-18-12-15-25(16-18)19-10-5-6-11-19/h2-4,8-9,18-19,22H,5-7,10-16H2,1H3,(H2,21,23,24). The molecule has 3 N–H and O–H groups in total. The summed E-state index contributed by atoms with van der Waals surface area (Å²) in [5.41, 5.74) is 1.18. The van der Waals surface area contributed by atoms with Crippen molar-refractivity contribution in [2.45, 2.75) is 50.6 Å². The zero-order valence-electron chi connectivity index (χ0n) is 15.5. The Morgan fingerprint density at radius 1 is 1.12 bits per heavy atom. The number of nitrogens with one attached hydrogen (secondary N) is 3. The molecule has 2 fully saturated rings. The Morgan fingerprint density at radius 2 is 1.92 bits per heavy atom. The zero-order valence-corrected chi connectivity index (χ0v) is 15.5. The summed E-state index contributed by atoms with van der Waals surface area (Å²) < 4.78 is 0. The highest BCUT2D eigenvalue weighted by molar-refractivity contribution is 5.80. The smallest absolute Gasteiger partial charge is 0.191 e. The summed E-state index contributed by atoms with van der Waals surface area (Å²) in [6, 6.07) is 11.7. The van der Waals surface area contributed by atoms with Crippen LogP contribution in [0.5, 0.6) is 0 Å². The van der Waals surface area contributed by atoms with Crippen molar-refractivity contribution in [1.82, 2.24) is 15.5 Å². The van der Waals surface area contributed by atoms with Gasteiger partial charge in [-0.1, -0.05) is 31.0 Å². The van der Waals surface area contributed by atoms with Crippen molar-refractivity contribution in [3.05, 3.63) is 30.3 Å². The van der Waals surface area contributed by atoms with Crippen LogP contribution in [0, 0.1) is 0 Å². The monoisotopic (exact) mass is 343 g/mol. The summed E-state index contributed by atoms with van der Waals surface area (Å²) in [5, 5.41) is 10.5. The molecule has 138 valence electrons. The van der Waals surface area contributed by atoms with Gasteiger partial charge in [0.25, 0.3) is 0 Å². The van der Waals surface area contributed by atoms with Crippen LogP contribution < -0.4 is 16.0 Å². The van der Waals surface area contributed by atoms with E-state index in [2.05, 4.69) is 50.1 Å². The molecule has 1 aromatic rings. The summed E-state index contributed by atoms with van der Waals surface area (Å²) in [5.74, 6) is 0.943. The molecule has 1 aliphatic carbocycles. The first kappa shape index (κ1) is 18.1. The van der Waals surface area contributed by atoms with Gasteiger partial charge in [0, 0.05) is 51.0 Å². The maximum atomic E-state index is 4.39. The molecule has 1 heterocycles. The summed E-state index contributed by atoms with van der Waals surface area (Å²) in [4.78, 5) is 7.07. The number of hydrogen-bond acceptors (Lipinski definition) is 3. The maximum Gasteiger partial charge on any atom is 0.191 e. The number of rotatable bonds is 7. The predicted molar refractivity (Wildman–Crippen MR) is 106 cm³/mol. The number of aliphatic imine (C=N–C) groups is 1. The van der Waals surface area contributed by atoms with Crippen molar-refractivity contribution in [3.8, 4) is 0 Å². The lowest BCUT2D eigenvalue weighted by Crippen LogP contribution is -2.45. The van der Waals surface area contributed by atoms with Crippen molar-refractivity contribution < 1.29 is 0 Å². The van der Waals surface area contributed by atoms with E-state index in [1.54, 1.807) is 0 Å². The Bertz CT molecular complexity index is 524. The van der Waals surface area contributed by atoms with Gasteiger partial charge in [-0.25, -0.2) is 0 Å². The molecule has 1 saturated carbocycles. The van der Waals surface area contributed by atoms with E-state index in [1.165, 1.54) is 50.9 Å². The van der Waals surface area contributed by atoms with Gasteiger partial charge in [-0.2, -0.15) is 0 Å². The molecule has 0 amide bonds. The molecular formula is C20H33N5. The lowest BCUT2D eigenvalue weighted by molar-refractivity contribution is 0.242. The minimum absolute atomic E-state index is 0.536. The molecule has 3 rings (SSSR count). The molecule has 1 unspecified atom stereocenters. The van der Waals surface area contributed by atoms with Gasteiger partial charge in [0.15, 0.2) is 5.96 Å². The number of benzene rings is 1. The Hall–Kier alpha value is -1.75. The first-order chi connectivity index (χ1) is 12.3. The lowest BCUT2D eigenvalue weighted by atomic mass is 10.2. The molecule has 1 saturated heterocycles. The van der Waals surface area contributed by atoms with Crippen LogP contribution in [-0.4, -0.2) is 56.2 Å². The number of anilines is 1. The molecule has 5 heteroatoms. The molecule has 25 heavy (non-hydrogen) atoms. The lowest BCUT2D eigenvalue weighted by Gasteiger charge is -2.24. The summed E-state index contributed by atoms with van der Waals surface area (Å²) >= 11 is 0. The number of para-hydroxylation sites is 1. The first-order valence-corrected chi connectivity index (χ1v) is 9.85. The van der Waals surface area contributed by atoms with E-state index in [-0.39, 0.29) is 0 Å². The highest BCUT2D eigenvalue weighted by Gasteiger charge is 2.30. The summed E-state index contributed by atoms with van der Waals surface area (Å²) in [7, 11) is 1.86. The van der Waals surface area contributed by atoms with E-state index in [0.29, 0.717) is 6.04 Å². The van der Waals surface area contributed by atoms with Crippen LogP contribution in [0.25, 0.3) is 0 Å². The third-order valence-corrected chi connectivity index (χ3v) is 5.37. The van der Waals surface area contributed by atoms with E-state index < -0.39 is 0 Å². The quantitative estimate of drug-likeness (QED) is 0.405. The van der Waals surface area contributed by atoms with Crippen molar-refractivity contribution in [1.29, 1.82) is 0 Å². The van der Waals surface area contributed by atoms with Crippen molar-refractivity contribution >= 4 is 11.6 Å². The van der Waals surface area contributed by atoms with Gasteiger partial charge in [-0.15, -0.1) is 0 Å². The molecule has 5 nitrogen and oxygen atoms in total. The van der Waals surface area contributed by atoms with E-state index in [4.69, 9.17) is 0 Å². The molecule has 2 aliphatic rings. The van der Waals surface area contributed by atoms with Crippen LogP contribution in [0.2, 0.25) is 0 Å². The average molecular weight is 344 g/mol. The Balaban J connectivity index is 1.30. The van der Waals surface area contributed by atoms with Crippen LogP contribution in [0.4, 0.5) is 5.69 Å². The molecular weight excluding hydrogens is 310 g/mol. The Kier molecular flexibility index (Phi) is 6.98. The second-order valence-electron chi connectivity index (χ2n) is 7.21. The van der Waals surface area contributed by atoms with Crippen molar-refractivity contribution in [2.24, 2.45) is 4.99 Å². The molecule has 0 radical (unpaired) electrons. The molecule has 1 aromatic carbocycles. The fourth-order valence-electron chi connectivity index (χ4n) is 3.98. The molecule has 0 aromatic heterocycles. The third kappa shape index (κ3) is 5.63. The van der Waals surface area contributed by atoms with Gasteiger partial charge >= 0.3 is 0 Å². The minimum Gasteiger partial charge on any atom is -0.385 e. The Morgan fingerprint density at radius 3 is 2.68 bits per heavy atom. The van der Waals surface area contributed by atoms with Gasteiger partial charge in [0.2, 0.25) is 0 Å². The normalized spacial score (nSPS) is 22.3. The van der Waals surface area contributed by atoms with Gasteiger partial charge < -0.3 is 16.0 Å². The van der Waals surface area contributed by atoms with E-state index in [9.17, 15) is 0 Å². The largest absolute Gasteiger partial charge is 0.385 e. The Labute approximate surface area is 152 Å². The zero-order chi connectivity index (χ0) is 17.3. The van der Waals surface area contributed by atoms with Crippen molar-refractivity contribution in [3.63, 3.8) is 0 Å². The number of hydrogen-bond donors (Lipinski definition) is 3. The topological polar surface area (TPSA) is 51.7 Å². The average Bonchev–Trinajstić information content (AvgIpc) is 3.33.